The van der Waals surface area contributed by atoms with Crippen LogP contribution in [0.25, 0.3) is 11.3 Å². The molecule has 5 nitrogen and oxygen atoms in total. The summed E-state index contributed by atoms with van der Waals surface area (Å²) >= 11 is 6.20. The maximum absolute atomic E-state index is 11.2. The van der Waals surface area contributed by atoms with Gasteiger partial charge in [-0.1, -0.05) is 72.3 Å². The number of benzene rings is 3. The molecule has 1 saturated heterocycles. The van der Waals surface area contributed by atoms with Gasteiger partial charge >= 0.3 is 0 Å². The molecule has 0 saturated carbocycles. The number of aromatic amines is 1. The van der Waals surface area contributed by atoms with Gasteiger partial charge in [-0.2, -0.15) is 0 Å². The number of H-pyrrole nitrogens is 1. The average Bonchev–Trinajstić information content (AvgIpc) is 3.29. The molecule has 204 valence electrons. The molecule has 2 heterocycles. The lowest BCUT2D eigenvalue weighted by Gasteiger charge is -2.45. The summed E-state index contributed by atoms with van der Waals surface area (Å²) < 4.78 is 0.881. The summed E-state index contributed by atoms with van der Waals surface area (Å²) in [6, 6.07) is 29.1. The fourth-order valence-electron chi connectivity index (χ4n) is 5.17. The van der Waals surface area contributed by atoms with E-state index in [0.717, 1.165) is 65.0 Å². The molecular formula is C29H35Cl4N4O+. The summed E-state index contributed by atoms with van der Waals surface area (Å²) in [5, 5.41) is 12.0. The highest BCUT2D eigenvalue weighted by Gasteiger charge is 2.36. The van der Waals surface area contributed by atoms with E-state index >= 15 is 0 Å². The fourth-order valence-corrected chi connectivity index (χ4v) is 5.30. The largest absolute Gasteiger partial charge is 0.385 e. The van der Waals surface area contributed by atoms with Gasteiger partial charge in [0.05, 0.1) is 24.5 Å². The van der Waals surface area contributed by atoms with Gasteiger partial charge in [-0.15, -0.1) is 37.2 Å². The first kappa shape index (κ1) is 32.1. The van der Waals surface area contributed by atoms with E-state index in [0.29, 0.717) is 6.54 Å². The highest BCUT2D eigenvalue weighted by molar-refractivity contribution is 6.30. The first-order valence-electron chi connectivity index (χ1n) is 12.2. The van der Waals surface area contributed by atoms with Crippen molar-refractivity contribution < 1.29 is 5.11 Å². The fraction of sp³-hybridized carbons (Fsp3) is 0.276. The monoisotopic (exact) mass is 595 g/mol. The number of aliphatic hydroxyl groups is 1. The van der Waals surface area contributed by atoms with Gasteiger partial charge in [-0.25, -0.2) is 4.98 Å². The topological polar surface area (TPSA) is 52.2 Å². The van der Waals surface area contributed by atoms with Crippen LogP contribution in [0.1, 0.15) is 23.2 Å². The van der Waals surface area contributed by atoms with Crippen LogP contribution in [0.3, 0.4) is 0 Å². The van der Waals surface area contributed by atoms with E-state index in [4.69, 9.17) is 11.6 Å². The number of rotatable bonds is 7. The van der Waals surface area contributed by atoms with Crippen LogP contribution in [0.4, 0.5) is 5.69 Å². The molecule has 1 aliphatic rings. The van der Waals surface area contributed by atoms with Crippen molar-refractivity contribution in [1.29, 1.82) is 0 Å². The first-order chi connectivity index (χ1) is 17.0. The van der Waals surface area contributed by atoms with Crippen LogP contribution in [0.2, 0.25) is 5.02 Å². The predicted octanol–water partition coefficient (Wildman–Crippen LogP) is 6.86. The molecule has 0 bridgehead atoms. The lowest BCUT2D eigenvalue weighted by Crippen LogP contribution is -2.60. The summed E-state index contributed by atoms with van der Waals surface area (Å²) in [7, 11) is 0. The number of quaternary nitrogens is 1. The number of piperazine rings is 1. The Morgan fingerprint density at radius 2 is 1.47 bits per heavy atom. The van der Waals surface area contributed by atoms with Crippen molar-refractivity contribution in [2.45, 2.75) is 19.6 Å². The zero-order valence-electron chi connectivity index (χ0n) is 21.3. The molecule has 38 heavy (non-hydrogen) atoms. The summed E-state index contributed by atoms with van der Waals surface area (Å²) in [5.41, 5.74) is 5.27. The van der Waals surface area contributed by atoms with Gasteiger partial charge in [-0.05, 0) is 19.1 Å². The number of hydrogen-bond donors (Lipinski definition) is 2. The first-order valence-corrected chi connectivity index (χ1v) is 12.6. The highest BCUT2D eigenvalue weighted by Crippen LogP contribution is 2.31. The standard InChI is InChI=1S/C29H32ClN4O.3ClH/c1-22-31-28(24-10-6-3-7-11-24)29(32-22)27(35)20-33-16-18-34(19-17-33,21-23-8-4-2-5-9-23)26-14-12-25(30)13-15-26;;;/h2-15,27,35H,16-21H2,1H3,(H,31,32);3*1H/q+1;;;. The van der Waals surface area contributed by atoms with Gasteiger partial charge in [0.15, 0.2) is 0 Å². The van der Waals surface area contributed by atoms with E-state index in [1.165, 1.54) is 11.3 Å². The quantitative estimate of drug-likeness (QED) is 0.229. The number of halogens is 4. The van der Waals surface area contributed by atoms with Gasteiger partial charge in [0.25, 0.3) is 0 Å². The minimum absolute atomic E-state index is 0. The Balaban J connectivity index is 0.00000169. The molecule has 2 N–H and O–H groups in total. The molecule has 9 heteroatoms. The third-order valence-electron chi connectivity index (χ3n) is 7.05. The van der Waals surface area contributed by atoms with E-state index in [9.17, 15) is 5.11 Å². The molecular weight excluding hydrogens is 562 g/mol. The average molecular weight is 597 g/mol. The van der Waals surface area contributed by atoms with Crippen LogP contribution < -0.4 is 4.48 Å². The van der Waals surface area contributed by atoms with Crippen LogP contribution in [0, 0.1) is 6.92 Å². The molecule has 0 radical (unpaired) electrons. The zero-order chi connectivity index (χ0) is 24.3. The second kappa shape index (κ2) is 14.3. The van der Waals surface area contributed by atoms with Gasteiger partial charge in [0.2, 0.25) is 0 Å². The Bertz CT molecular complexity index is 1240. The number of aliphatic hydroxyl groups excluding tert-OH is 1. The molecule has 1 atom stereocenters. The maximum Gasteiger partial charge on any atom is 0.133 e. The Morgan fingerprint density at radius 3 is 2.08 bits per heavy atom. The number of nitrogens with zero attached hydrogens (tertiary/aromatic N) is 3. The molecule has 1 aliphatic heterocycles. The zero-order valence-corrected chi connectivity index (χ0v) is 24.5. The maximum atomic E-state index is 11.2. The Labute approximate surface area is 248 Å². The van der Waals surface area contributed by atoms with Gasteiger partial charge in [-0.3, -0.25) is 9.38 Å². The van der Waals surface area contributed by atoms with E-state index in [1.54, 1.807) is 0 Å². The van der Waals surface area contributed by atoms with Crippen molar-refractivity contribution >= 4 is 54.5 Å². The van der Waals surface area contributed by atoms with Gasteiger partial charge in [0.1, 0.15) is 24.2 Å². The van der Waals surface area contributed by atoms with Crippen LogP contribution in [0.5, 0.6) is 0 Å². The minimum atomic E-state index is -0.629. The van der Waals surface area contributed by atoms with Crippen LogP contribution >= 0.6 is 48.8 Å². The number of imidazole rings is 1. The predicted molar refractivity (Wildman–Crippen MR) is 165 cm³/mol. The SMILES string of the molecule is Cc1nc(-c2ccccc2)c(C(O)CN2CC[N+](Cc3ccccc3)(c3ccc(Cl)cc3)CC2)[nH]1.Cl.Cl.Cl. The van der Waals surface area contributed by atoms with Crippen molar-refractivity contribution in [3.05, 3.63) is 107 Å². The van der Waals surface area contributed by atoms with E-state index < -0.39 is 6.10 Å². The molecule has 0 aliphatic carbocycles. The van der Waals surface area contributed by atoms with Crippen LogP contribution in [-0.2, 0) is 6.54 Å². The third-order valence-corrected chi connectivity index (χ3v) is 7.30. The number of aromatic nitrogens is 2. The molecule has 3 aromatic carbocycles. The van der Waals surface area contributed by atoms with Gasteiger partial charge in [0, 0.05) is 47.9 Å². The molecule has 1 fully saturated rings. The summed E-state index contributed by atoms with van der Waals surface area (Å²) in [6.45, 7) is 7.20. The lowest BCUT2D eigenvalue weighted by atomic mass is 10.1. The van der Waals surface area contributed by atoms with E-state index in [2.05, 4.69) is 57.3 Å². The Hall–Kier alpha value is -2.09. The molecule has 1 unspecified atom stereocenters. The highest BCUT2D eigenvalue weighted by atomic mass is 35.5. The number of hydrogen-bond acceptors (Lipinski definition) is 3. The van der Waals surface area contributed by atoms with Crippen molar-refractivity contribution in [2.24, 2.45) is 0 Å². The molecule has 0 spiro atoms. The summed E-state index contributed by atoms with van der Waals surface area (Å²) in [6.07, 6.45) is -0.629. The van der Waals surface area contributed by atoms with Crippen molar-refractivity contribution in [1.82, 2.24) is 19.4 Å². The third kappa shape index (κ3) is 7.30. The van der Waals surface area contributed by atoms with Crippen molar-refractivity contribution in [3.8, 4) is 11.3 Å². The van der Waals surface area contributed by atoms with E-state index in [1.807, 2.05) is 49.4 Å². The number of β-amino-alcohol motifs (C(OH)–C–C–N with tert-alkyl or cyclic N) is 1. The van der Waals surface area contributed by atoms with Gasteiger partial charge < -0.3 is 10.1 Å². The molecule has 5 rings (SSSR count). The van der Waals surface area contributed by atoms with Crippen molar-refractivity contribution in [3.63, 3.8) is 0 Å². The van der Waals surface area contributed by atoms with Crippen LogP contribution in [-0.4, -0.2) is 52.7 Å². The summed E-state index contributed by atoms with van der Waals surface area (Å²) in [4.78, 5) is 10.3. The molecule has 1 aromatic heterocycles. The van der Waals surface area contributed by atoms with E-state index in [-0.39, 0.29) is 37.2 Å². The Morgan fingerprint density at radius 1 is 0.895 bits per heavy atom. The second-order valence-electron chi connectivity index (χ2n) is 9.48. The number of aryl methyl sites for hydroxylation is 1. The minimum Gasteiger partial charge on any atom is -0.385 e. The summed E-state index contributed by atoms with van der Waals surface area (Å²) in [5.74, 6) is 0.817. The second-order valence-corrected chi connectivity index (χ2v) is 9.92. The van der Waals surface area contributed by atoms with Crippen LogP contribution in [0.15, 0.2) is 84.9 Å². The van der Waals surface area contributed by atoms with Crippen molar-refractivity contribution in [2.75, 3.05) is 32.7 Å². The normalized spacial score (nSPS) is 15.4. The number of nitrogens with one attached hydrogen (secondary N) is 1. The lowest BCUT2D eigenvalue weighted by molar-refractivity contribution is 0.0702. The molecule has 0 amide bonds. The smallest absolute Gasteiger partial charge is 0.133 e. The molecule has 4 aromatic rings. The Kier molecular flexibility index (Phi) is 12.1.